The molecule has 1 atom stereocenters. The first kappa shape index (κ1) is 26.0. The van der Waals surface area contributed by atoms with E-state index in [1.165, 1.54) is 6.42 Å². The molecule has 1 fully saturated rings. The van der Waals surface area contributed by atoms with Crippen molar-refractivity contribution in [3.8, 4) is 11.5 Å². The molecule has 0 amide bonds. The van der Waals surface area contributed by atoms with Crippen LogP contribution in [0.25, 0.3) is 0 Å². The number of para-hydroxylation sites is 1. The molecular formula is C21H26N2O3S2Y-2. The molecule has 1 saturated heterocycles. The van der Waals surface area contributed by atoms with Gasteiger partial charge in [0.1, 0.15) is 5.75 Å². The van der Waals surface area contributed by atoms with E-state index in [1.54, 1.807) is 6.07 Å². The maximum atomic E-state index is 11.3. The van der Waals surface area contributed by atoms with Gasteiger partial charge in [-0.05, 0) is 25.0 Å². The van der Waals surface area contributed by atoms with Crippen LogP contribution in [0.1, 0.15) is 38.7 Å². The molecule has 1 aliphatic heterocycles. The Morgan fingerprint density at radius 1 is 1.24 bits per heavy atom. The number of hydrogen-bond acceptors (Lipinski definition) is 5. The van der Waals surface area contributed by atoms with Crippen molar-refractivity contribution in [3.05, 3.63) is 55.0 Å². The van der Waals surface area contributed by atoms with Gasteiger partial charge < -0.3 is 18.9 Å². The van der Waals surface area contributed by atoms with Crippen LogP contribution in [0, 0.1) is 6.92 Å². The predicted octanol–water partition coefficient (Wildman–Crippen LogP) is 5.25. The van der Waals surface area contributed by atoms with Crippen LogP contribution in [0.5, 0.6) is 11.5 Å². The zero-order chi connectivity index (χ0) is 20.5. The summed E-state index contributed by atoms with van der Waals surface area (Å²) in [4.78, 5) is 2.63. The van der Waals surface area contributed by atoms with E-state index in [-0.39, 0.29) is 32.7 Å². The first-order valence-electron chi connectivity index (χ1n) is 9.34. The second-order valence-electron chi connectivity index (χ2n) is 6.45. The van der Waals surface area contributed by atoms with Gasteiger partial charge in [-0.1, -0.05) is 38.5 Å². The summed E-state index contributed by atoms with van der Waals surface area (Å²) >= 11 is 2.71. The fourth-order valence-corrected chi connectivity index (χ4v) is 3.30. The number of ether oxygens (including phenoxy) is 1. The maximum absolute atomic E-state index is 11.3. The molecule has 0 saturated carbocycles. The van der Waals surface area contributed by atoms with Crippen molar-refractivity contribution in [2.75, 3.05) is 22.7 Å². The number of rotatable bonds is 6. The average molecular weight is 507 g/mol. The van der Waals surface area contributed by atoms with E-state index in [1.807, 2.05) is 36.4 Å². The molecular weight excluding hydrogens is 481 g/mol. The molecule has 5 nitrogen and oxygen atoms in total. The average Bonchev–Trinajstić information content (AvgIpc) is 3.18. The number of anilines is 2. The van der Waals surface area contributed by atoms with E-state index < -0.39 is 11.3 Å². The molecule has 1 N–H and O–H groups in total. The Balaban J connectivity index is 0.000000990. The largest absolute Gasteiger partial charge is 0.755 e. The first-order valence-corrected chi connectivity index (χ1v) is 10.8. The zero-order valence-corrected chi connectivity index (χ0v) is 21.3. The molecule has 3 rings (SSSR count). The van der Waals surface area contributed by atoms with Crippen LogP contribution in [-0.2, 0) is 44.0 Å². The van der Waals surface area contributed by atoms with Crippen molar-refractivity contribution in [2.24, 2.45) is 0 Å². The van der Waals surface area contributed by atoms with Crippen LogP contribution < -0.4 is 14.4 Å². The third-order valence-electron chi connectivity index (χ3n) is 3.99. The minimum atomic E-state index is -2.48. The summed E-state index contributed by atoms with van der Waals surface area (Å²) in [5.41, 5.74) is 1.87. The van der Waals surface area contributed by atoms with Gasteiger partial charge in [0.05, 0.1) is 11.4 Å². The van der Waals surface area contributed by atoms with Crippen LogP contribution in [0.3, 0.4) is 0 Å². The smallest absolute Gasteiger partial charge is 0.171 e. The van der Waals surface area contributed by atoms with Gasteiger partial charge in [-0.3, -0.25) is 4.21 Å². The fraction of sp³-hybridized carbons (Fsp3) is 0.333. The Morgan fingerprint density at radius 2 is 1.83 bits per heavy atom. The molecule has 1 aliphatic rings. The molecule has 29 heavy (non-hydrogen) atoms. The molecule has 0 spiro atoms. The molecule has 155 valence electrons. The Hall–Kier alpha value is -0.986. The van der Waals surface area contributed by atoms with E-state index in [9.17, 15) is 8.76 Å². The zero-order valence-electron chi connectivity index (χ0n) is 16.8. The summed E-state index contributed by atoms with van der Waals surface area (Å²) in [5, 5.41) is 0. The van der Waals surface area contributed by atoms with Crippen molar-refractivity contribution in [1.29, 1.82) is 0 Å². The van der Waals surface area contributed by atoms with Gasteiger partial charge in [-0.2, -0.15) is 5.56 Å². The Labute approximate surface area is 206 Å². The van der Waals surface area contributed by atoms with E-state index in [0.717, 1.165) is 31.6 Å². The molecule has 0 aliphatic carbocycles. The minimum Gasteiger partial charge on any atom is -0.755 e. The molecule has 1 unspecified atom stereocenters. The summed E-state index contributed by atoms with van der Waals surface area (Å²) in [7, 11) is 0. The quantitative estimate of drug-likeness (QED) is 0.250. The molecule has 2 aromatic rings. The van der Waals surface area contributed by atoms with Crippen LogP contribution >= 0.6 is 12.2 Å². The van der Waals surface area contributed by atoms with Gasteiger partial charge in [0.25, 0.3) is 0 Å². The summed E-state index contributed by atoms with van der Waals surface area (Å²) < 4.78 is 31.0. The van der Waals surface area contributed by atoms with Gasteiger partial charge >= 0.3 is 0 Å². The second-order valence-corrected chi connectivity index (χ2v) is 7.61. The van der Waals surface area contributed by atoms with E-state index >= 15 is 0 Å². The van der Waals surface area contributed by atoms with Crippen LogP contribution in [0.15, 0.2) is 42.5 Å². The van der Waals surface area contributed by atoms with Crippen molar-refractivity contribution in [1.82, 2.24) is 0 Å². The molecule has 1 heterocycles. The first-order chi connectivity index (χ1) is 13.5. The predicted molar refractivity (Wildman–Crippen MR) is 120 cm³/mol. The maximum Gasteiger partial charge on any atom is 0.171 e. The van der Waals surface area contributed by atoms with Crippen molar-refractivity contribution >= 4 is 39.7 Å². The summed E-state index contributed by atoms with van der Waals surface area (Å²) in [6.45, 7) is 9.83. The Bertz CT molecular complexity index is 813. The van der Waals surface area contributed by atoms with Crippen LogP contribution in [-0.4, -0.2) is 26.7 Å². The number of nitrogens with one attached hydrogen (secondary N) is 1. The van der Waals surface area contributed by atoms with Gasteiger partial charge in [0.2, 0.25) is 0 Å². The second kappa shape index (κ2) is 13.3. The number of benzene rings is 2. The molecule has 0 aromatic heterocycles. The monoisotopic (exact) mass is 507 g/mol. The Morgan fingerprint density at radius 3 is 2.34 bits per heavy atom. The molecule has 2 aromatic carbocycles. The standard InChI is InChI=1S/C18H19N2O3S2.C3H8.Y/c1-13(24)14-11-16(19-25(21)22)18(23-15-7-3-2-4-8-15)17(12-14)20-9-5-6-10-20;1-3-2;/h2-4,7-8,11-12,19H,1,5-6,9-10H2,(H,21,22);3H2,1-2H3;/q-1;;/p-1. The number of nitrogens with zero attached hydrogens (tertiary/aromatic N) is 1. The molecule has 0 bridgehead atoms. The number of thiocarbonyl (C=S) groups is 1. The van der Waals surface area contributed by atoms with Crippen molar-refractivity contribution in [2.45, 2.75) is 33.1 Å². The topological polar surface area (TPSA) is 64.6 Å². The van der Waals surface area contributed by atoms with Gasteiger partial charge in [0, 0.05) is 57.1 Å². The van der Waals surface area contributed by atoms with E-state index in [2.05, 4.69) is 30.4 Å². The minimum absolute atomic E-state index is 0. The van der Waals surface area contributed by atoms with Crippen molar-refractivity contribution in [3.63, 3.8) is 0 Å². The normalized spacial score (nSPS) is 13.6. The van der Waals surface area contributed by atoms with Crippen LogP contribution in [0.4, 0.5) is 11.4 Å². The summed E-state index contributed by atoms with van der Waals surface area (Å²) in [6, 6.07) is 12.8. The third kappa shape index (κ3) is 7.98. The van der Waals surface area contributed by atoms with Gasteiger partial charge in [0.15, 0.2) is 5.75 Å². The number of hydrogen-bond donors (Lipinski definition) is 1. The summed E-state index contributed by atoms with van der Waals surface area (Å²) in [6.07, 6.45) is 3.42. The molecule has 8 heteroatoms. The fourth-order valence-electron chi connectivity index (χ4n) is 2.85. The SMILES string of the molecule is CCC.[CH2-]C(=S)c1cc(NS(=O)[O-])c(Oc2ccccc2)c(N2CCCC2)c1.[Y]. The van der Waals surface area contributed by atoms with Gasteiger partial charge in [-0.25, -0.2) is 6.92 Å². The van der Waals surface area contributed by atoms with E-state index in [0.29, 0.717) is 27.6 Å². The van der Waals surface area contributed by atoms with Crippen LogP contribution in [0.2, 0.25) is 0 Å². The van der Waals surface area contributed by atoms with Crippen molar-refractivity contribution < 1.29 is 46.2 Å². The third-order valence-corrected chi connectivity index (χ3v) is 4.62. The summed E-state index contributed by atoms with van der Waals surface area (Å²) in [5.74, 6) is 1.10. The Kier molecular flexibility index (Phi) is 12.0. The van der Waals surface area contributed by atoms with Gasteiger partial charge in [-0.15, -0.1) is 29.2 Å². The van der Waals surface area contributed by atoms with E-state index in [4.69, 9.17) is 17.0 Å². The molecule has 1 radical (unpaired) electrons.